The molecule has 0 bridgehead atoms. The van der Waals surface area contributed by atoms with Crippen LogP contribution in [0.3, 0.4) is 0 Å². The zero-order valence-corrected chi connectivity index (χ0v) is 11.7. The third kappa shape index (κ3) is 2.12. The molecule has 20 heavy (non-hydrogen) atoms. The van der Waals surface area contributed by atoms with E-state index in [4.69, 9.17) is 5.73 Å². The molecule has 0 radical (unpaired) electrons. The Kier molecular flexibility index (Phi) is 3.32. The number of amides is 1. The van der Waals surface area contributed by atoms with Crippen molar-refractivity contribution in [3.05, 3.63) is 42.0 Å². The molecule has 0 atom stereocenters. The Morgan fingerprint density at radius 3 is 2.55 bits per heavy atom. The van der Waals surface area contributed by atoms with E-state index >= 15 is 0 Å². The average Bonchev–Trinajstić information content (AvgIpc) is 2.49. The van der Waals surface area contributed by atoms with E-state index in [2.05, 4.69) is 29.2 Å². The van der Waals surface area contributed by atoms with E-state index in [0.717, 1.165) is 24.3 Å². The van der Waals surface area contributed by atoms with E-state index in [9.17, 15) is 4.79 Å². The van der Waals surface area contributed by atoms with Crippen molar-refractivity contribution in [1.82, 2.24) is 4.90 Å². The van der Waals surface area contributed by atoms with Crippen LogP contribution in [0.4, 0.5) is 5.69 Å². The van der Waals surface area contributed by atoms with E-state index in [1.165, 1.54) is 10.8 Å². The number of rotatable bonds is 2. The van der Waals surface area contributed by atoms with Crippen LogP contribution in [0.5, 0.6) is 0 Å². The van der Waals surface area contributed by atoms with Crippen molar-refractivity contribution in [1.29, 1.82) is 0 Å². The maximum Gasteiger partial charge on any atom is 0.241 e. The van der Waals surface area contributed by atoms with Crippen LogP contribution in [0, 0.1) is 0 Å². The summed E-state index contributed by atoms with van der Waals surface area (Å²) in [7, 11) is 1.86. The van der Waals surface area contributed by atoms with Gasteiger partial charge in [-0.3, -0.25) is 4.79 Å². The van der Waals surface area contributed by atoms with Gasteiger partial charge in [-0.2, -0.15) is 0 Å². The Morgan fingerprint density at radius 1 is 1.10 bits per heavy atom. The molecule has 0 aromatic heterocycles. The maximum absolute atomic E-state index is 11.9. The molecule has 0 spiro atoms. The molecule has 4 heteroatoms. The van der Waals surface area contributed by atoms with Gasteiger partial charge < -0.3 is 15.5 Å². The lowest BCUT2D eigenvalue weighted by atomic mass is 10.0. The number of nitrogens with two attached hydrogens (primary N) is 1. The van der Waals surface area contributed by atoms with Gasteiger partial charge in [0, 0.05) is 37.8 Å². The largest absolute Gasteiger partial charge is 0.360 e. The average molecular weight is 269 g/mol. The lowest BCUT2D eigenvalue weighted by molar-refractivity contribution is -0.129. The molecule has 2 N–H and O–H groups in total. The first-order valence-electron chi connectivity index (χ1n) is 6.90. The van der Waals surface area contributed by atoms with Crippen molar-refractivity contribution >= 4 is 22.4 Å². The Balaban J connectivity index is 2.06. The normalized spacial score (nSPS) is 16.0. The lowest BCUT2D eigenvalue weighted by Crippen LogP contribution is -2.48. The van der Waals surface area contributed by atoms with Gasteiger partial charge in [0.15, 0.2) is 0 Å². The number of hydrogen-bond donors (Lipinski definition) is 1. The SMILES string of the molecule is CN1CCN(c2ccc(CN)c3ccccc23)CC1=O. The minimum Gasteiger partial charge on any atom is -0.360 e. The molecule has 4 nitrogen and oxygen atoms in total. The summed E-state index contributed by atoms with van der Waals surface area (Å²) in [5.41, 5.74) is 8.08. The van der Waals surface area contributed by atoms with Crippen LogP contribution in [0.2, 0.25) is 0 Å². The number of piperazine rings is 1. The molecule has 104 valence electrons. The standard InChI is InChI=1S/C16H19N3O/c1-18-8-9-19(11-16(18)20)15-7-6-12(10-17)13-4-2-3-5-14(13)15/h2-7H,8-11,17H2,1H3. The molecule has 1 heterocycles. The molecule has 2 aromatic rings. The second kappa shape index (κ2) is 5.13. The molecule has 1 aliphatic heterocycles. The Bertz CT molecular complexity index is 653. The van der Waals surface area contributed by atoms with Crippen molar-refractivity contribution in [2.24, 2.45) is 5.73 Å². The highest BCUT2D eigenvalue weighted by atomic mass is 16.2. The number of fused-ring (bicyclic) bond motifs is 1. The molecule has 0 saturated carbocycles. The monoisotopic (exact) mass is 269 g/mol. The van der Waals surface area contributed by atoms with Gasteiger partial charge in [-0.25, -0.2) is 0 Å². The molecular weight excluding hydrogens is 250 g/mol. The van der Waals surface area contributed by atoms with Gasteiger partial charge in [0.05, 0.1) is 6.54 Å². The summed E-state index contributed by atoms with van der Waals surface area (Å²) in [5.74, 6) is 0.170. The van der Waals surface area contributed by atoms with E-state index in [-0.39, 0.29) is 5.91 Å². The summed E-state index contributed by atoms with van der Waals surface area (Å²) < 4.78 is 0. The van der Waals surface area contributed by atoms with Crippen LogP contribution < -0.4 is 10.6 Å². The van der Waals surface area contributed by atoms with Crippen LogP contribution >= 0.6 is 0 Å². The zero-order chi connectivity index (χ0) is 14.1. The smallest absolute Gasteiger partial charge is 0.241 e. The maximum atomic E-state index is 11.9. The van der Waals surface area contributed by atoms with Gasteiger partial charge in [0.2, 0.25) is 5.91 Å². The van der Waals surface area contributed by atoms with Crippen molar-refractivity contribution in [3.63, 3.8) is 0 Å². The summed E-state index contributed by atoms with van der Waals surface area (Å²) in [4.78, 5) is 15.8. The van der Waals surface area contributed by atoms with Crippen molar-refractivity contribution in [2.75, 3.05) is 31.6 Å². The van der Waals surface area contributed by atoms with Gasteiger partial charge in [0.1, 0.15) is 0 Å². The Morgan fingerprint density at radius 2 is 1.85 bits per heavy atom. The molecule has 1 amide bonds. The van der Waals surface area contributed by atoms with Crippen LogP contribution in [0.15, 0.2) is 36.4 Å². The molecule has 2 aromatic carbocycles. The predicted octanol–water partition coefficient (Wildman–Crippen LogP) is 1.58. The quantitative estimate of drug-likeness (QED) is 0.900. The molecule has 0 aliphatic carbocycles. The molecule has 1 fully saturated rings. The number of likely N-dealkylation sites (N-methyl/N-ethyl adjacent to an activating group) is 1. The molecule has 0 unspecified atom stereocenters. The highest BCUT2D eigenvalue weighted by molar-refractivity contribution is 5.98. The van der Waals surface area contributed by atoms with Crippen molar-refractivity contribution < 1.29 is 4.79 Å². The number of carbonyl (C=O) groups is 1. The van der Waals surface area contributed by atoms with Crippen molar-refractivity contribution in [3.8, 4) is 0 Å². The Hall–Kier alpha value is -2.07. The number of carbonyl (C=O) groups excluding carboxylic acids is 1. The Labute approximate surface area is 118 Å². The van der Waals surface area contributed by atoms with Gasteiger partial charge >= 0.3 is 0 Å². The summed E-state index contributed by atoms with van der Waals surface area (Å²) in [6.45, 7) is 2.62. The minimum absolute atomic E-state index is 0.170. The summed E-state index contributed by atoms with van der Waals surface area (Å²) >= 11 is 0. The molecular formula is C16H19N3O. The lowest BCUT2D eigenvalue weighted by Gasteiger charge is -2.34. The first-order valence-corrected chi connectivity index (χ1v) is 6.90. The zero-order valence-electron chi connectivity index (χ0n) is 11.7. The first kappa shape index (κ1) is 12.9. The first-order chi connectivity index (χ1) is 9.70. The van der Waals surface area contributed by atoms with Gasteiger partial charge in [-0.1, -0.05) is 30.3 Å². The van der Waals surface area contributed by atoms with Gasteiger partial charge in [-0.05, 0) is 17.0 Å². The van der Waals surface area contributed by atoms with E-state index in [1.807, 2.05) is 19.2 Å². The fourth-order valence-electron chi connectivity index (χ4n) is 2.76. The van der Waals surface area contributed by atoms with Crippen LogP contribution in [0.1, 0.15) is 5.56 Å². The van der Waals surface area contributed by atoms with Crippen LogP contribution in [-0.4, -0.2) is 37.5 Å². The highest BCUT2D eigenvalue weighted by Crippen LogP contribution is 2.30. The topological polar surface area (TPSA) is 49.6 Å². The number of anilines is 1. The molecule has 1 saturated heterocycles. The van der Waals surface area contributed by atoms with E-state index in [1.54, 1.807) is 4.90 Å². The van der Waals surface area contributed by atoms with Gasteiger partial charge in [-0.15, -0.1) is 0 Å². The third-order valence-electron chi connectivity index (χ3n) is 4.01. The fraction of sp³-hybridized carbons (Fsp3) is 0.312. The fourth-order valence-corrected chi connectivity index (χ4v) is 2.76. The van der Waals surface area contributed by atoms with E-state index < -0.39 is 0 Å². The van der Waals surface area contributed by atoms with Crippen LogP contribution in [-0.2, 0) is 11.3 Å². The minimum atomic E-state index is 0.170. The second-order valence-corrected chi connectivity index (χ2v) is 5.23. The van der Waals surface area contributed by atoms with Crippen molar-refractivity contribution in [2.45, 2.75) is 6.54 Å². The van der Waals surface area contributed by atoms with Gasteiger partial charge in [0.25, 0.3) is 0 Å². The predicted molar refractivity (Wildman–Crippen MR) is 81.7 cm³/mol. The van der Waals surface area contributed by atoms with Crippen LogP contribution in [0.25, 0.3) is 10.8 Å². The van der Waals surface area contributed by atoms with E-state index in [0.29, 0.717) is 13.1 Å². The number of hydrogen-bond acceptors (Lipinski definition) is 3. The highest BCUT2D eigenvalue weighted by Gasteiger charge is 2.22. The molecule has 3 rings (SSSR count). The number of nitrogens with zero attached hydrogens (tertiary/aromatic N) is 2. The molecule has 1 aliphatic rings. The second-order valence-electron chi connectivity index (χ2n) is 5.23. The summed E-state index contributed by atoms with van der Waals surface area (Å²) in [5, 5.41) is 2.35. The summed E-state index contributed by atoms with van der Waals surface area (Å²) in [6, 6.07) is 12.4. The third-order valence-corrected chi connectivity index (χ3v) is 4.01. The number of benzene rings is 2. The summed E-state index contributed by atoms with van der Waals surface area (Å²) in [6.07, 6.45) is 0.